The molecule has 0 saturated heterocycles. The Morgan fingerprint density at radius 3 is 3.00 bits per heavy atom. The van der Waals surface area contributed by atoms with Crippen LogP contribution in [0.15, 0.2) is 22.7 Å². The van der Waals surface area contributed by atoms with E-state index in [1.54, 1.807) is 0 Å². The van der Waals surface area contributed by atoms with Gasteiger partial charge in [0.15, 0.2) is 0 Å². The zero-order chi connectivity index (χ0) is 12.4. The molecule has 0 bridgehead atoms. The number of fused-ring (bicyclic) bond motifs is 1. The van der Waals surface area contributed by atoms with Gasteiger partial charge in [0.1, 0.15) is 6.10 Å². The van der Waals surface area contributed by atoms with Gasteiger partial charge in [-0.05, 0) is 23.8 Å². The second-order valence-electron chi connectivity index (χ2n) is 3.82. The molecule has 1 aliphatic heterocycles. The van der Waals surface area contributed by atoms with E-state index >= 15 is 0 Å². The third-order valence-electron chi connectivity index (χ3n) is 2.48. The van der Waals surface area contributed by atoms with Crippen LogP contribution in [0, 0.1) is 0 Å². The second-order valence-corrected chi connectivity index (χ2v) is 5.23. The van der Waals surface area contributed by atoms with E-state index in [9.17, 15) is 4.79 Å². The van der Waals surface area contributed by atoms with Gasteiger partial charge in [0.05, 0.1) is 4.99 Å². The number of primary amides is 1. The Hall–Kier alpha value is -1.14. The first kappa shape index (κ1) is 12.3. The molecule has 3 N–H and O–H groups in total. The number of amides is 1. The molecule has 6 heteroatoms. The molecule has 17 heavy (non-hydrogen) atoms. The number of hydrogen-bond donors (Lipinski definition) is 2. The lowest BCUT2D eigenvalue weighted by Crippen LogP contribution is -2.26. The molecule has 4 nitrogen and oxygen atoms in total. The van der Waals surface area contributed by atoms with Crippen molar-refractivity contribution in [2.45, 2.75) is 18.9 Å². The summed E-state index contributed by atoms with van der Waals surface area (Å²) < 4.78 is 6.01. The van der Waals surface area contributed by atoms with Gasteiger partial charge in [-0.15, -0.1) is 0 Å². The first-order valence-corrected chi connectivity index (χ1v) is 6.29. The van der Waals surface area contributed by atoms with E-state index in [0.29, 0.717) is 17.8 Å². The summed E-state index contributed by atoms with van der Waals surface area (Å²) in [6.07, 6.45) is 0.0226. The predicted molar refractivity (Wildman–Crippen MR) is 73.1 cm³/mol. The van der Waals surface area contributed by atoms with Gasteiger partial charge in [-0.25, -0.2) is 4.79 Å². The molecule has 0 saturated carbocycles. The Balaban J connectivity index is 2.28. The minimum absolute atomic E-state index is 0.303. The third-order valence-corrected chi connectivity index (χ3v) is 3.25. The van der Waals surface area contributed by atoms with E-state index in [2.05, 4.69) is 21.2 Å². The lowest BCUT2D eigenvalue weighted by Gasteiger charge is -2.13. The summed E-state index contributed by atoms with van der Waals surface area (Å²) >= 11 is 8.59. The van der Waals surface area contributed by atoms with Gasteiger partial charge in [0, 0.05) is 23.0 Å². The highest BCUT2D eigenvalue weighted by Crippen LogP contribution is 2.27. The number of thiocarbonyl (C=S) groups is 1. The number of rotatable bonds is 1. The van der Waals surface area contributed by atoms with Crippen molar-refractivity contribution < 1.29 is 9.53 Å². The van der Waals surface area contributed by atoms with Gasteiger partial charge in [0.2, 0.25) is 0 Å². The highest BCUT2D eigenvalue weighted by molar-refractivity contribution is 9.10. The fourth-order valence-electron chi connectivity index (χ4n) is 1.83. The van der Waals surface area contributed by atoms with Crippen molar-refractivity contribution in [3.8, 4) is 0 Å². The molecule has 90 valence electrons. The van der Waals surface area contributed by atoms with Crippen molar-refractivity contribution in [1.82, 2.24) is 0 Å². The van der Waals surface area contributed by atoms with E-state index in [-0.39, 0.29) is 6.10 Å². The second kappa shape index (κ2) is 5.01. The first-order chi connectivity index (χ1) is 8.04. The Kier molecular flexibility index (Phi) is 3.63. The molecule has 0 radical (unpaired) electrons. The molecule has 1 aromatic rings. The van der Waals surface area contributed by atoms with E-state index in [4.69, 9.17) is 22.7 Å². The molecule has 0 fully saturated rings. The van der Waals surface area contributed by atoms with E-state index in [0.717, 1.165) is 15.7 Å². The monoisotopic (exact) mass is 314 g/mol. The summed E-state index contributed by atoms with van der Waals surface area (Å²) in [7, 11) is 0. The lowest BCUT2D eigenvalue weighted by atomic mass is 10.1. The van der Waals surface area contributed by atoms with Gasteiger partial charge in [-0.1, -0.05) is 28.1 Å². The number of benzene rings is 1. The summed E-state index contributed by atoms with van der Waals surface area (Å²) in [4.78, 5) is 11.4. The molecule has 1 heterocycles. The average molecular weight is 315 g/mol. The van der Waals surface area contributed by atoms with Gasteiger partial charge < -0.3 is 15.8 Å². The molecule has 1 aliphatic rings. The van der Waals surface area contributed by atoms with Crippen molar-refractivity contribution in [1.29, 1.82) is 0 Å². The van der Waals surface area contributed by atoms with Crippen molar-refractivity contribution in [3.05, 3.63) is 28.2 Å². The van der Waals surface area contributed by atoms with Gasteiger partial charge >= 0.3 is 6.09 Å². The molecule has 2 rings (SSSR count). The normalized spacial score (nSPS) is 18.9. The quantitative estimate of drug-likeness (QED) is 0.782. The van der Waals surface area contributed by atoms with Crippen LogP contribution in [0.4, 0.5) is 10.5 Å². The van der Waals surface area contributed by atoms with Crippen LogP contribution < -0.4 is 11.1 Å². The molecule has 0 aliphatic carbocycles. The molecular formula is C11H11BrN2O2S. The van der Waals surface area contributed by atoms with Crippen LogP contribution in [0.3, 0.4) is 0 Å². The smallest absolute Gasteiger partial charge is 0.404 e. The summed E-state index contributed by atoms with van der Waals surface area (Å²) in [5.74, 6) is 0. The number of halogens is 1. The van der Waals surface area contributed by atoms with Crippen LogP contribution >= 0.6 is 28.1 Å². The summed E-state index contributed by atoms with van der Waals surface area (Å²) in [5.41, 5.74) is 7.03. The summed E-state index contributed by atoms with van der Waals surface area (Å²) in [6, 6.07) is 5.86. The predicted octanol–water partition coefficient (Wildman–Crippen LogP) is 2.60. The van der Waals surface area contributed by atoms with Crippen molar-refractivity contribution in [2.75, 3.05) is 5.32 Å². The SMILES string of the molecule is NC(=O)OC1CC(=S)Nc2ccc(Br)cc2C1. The maximum Gasteiger partial charge on any atom is 0.404 e. The number of carbonyl (C=O) groups excluding carboxylic acids is 1. The largest absolute Gasteiger partial charge is 0.446 e. The maximum absolute atomic E-state index is 10.8. The van der Waals surface area contributed by atoms with Gasteiger partial charge in [0.25, 0.3) is 0 Å². The maximum atomic E-state index is 10.8. The van der Waals surface area contributed by atoms with Crippen molar-refractivity contribution in [2.24, 2.45) is 5.73 Å². The minimum Gasteiger partial charge on any atom is -0.446 e. The van der Waals surface area contributed by atoms with Crippen LogP contribution in [-0.4, -0.2) is 17.2 Å². The molecule has 0 aromatic heterocycles. The fraction of sp³-hybridized carbons (Fsp3) is 0.273. The number of carbonyl (C=O) groups is 1. The Morgan fingerprint density at radius 2 is 2.29 bits per heavy atom. The molecule has 1 aromatic carbocycles. The number of ether oxygens (including phenoxy) is 1. The molecular weight excluding hydrogens is 304 g/mol. The zero-order valence-electron chi connectivity index (χ0n) is 8.90. The highest BCUT2D eigenvalue weighted by Gasteiger charge is 2.21. The topological polar surface area (TPSA) is 64.4 Å². The zero-order valence-corrected chi connectivity index (χ0v) is 11.3. The number of anilines is 1. The summed E-state index contributed by atoms with van der Waals surface area (Å²) in [6.45, 7) is 0. The first-order valence-electron chi connectivity index (χ1n) is 5.09. The summed E-state index contributed by atoms with van der Waals surface area (Å²) in [5, 5.41) is 3.13. The Morgan fingerprint density at radius 1 is 1.53 bits per heavy atom. The van der Waals surface area contributed by atoms with Crippen LogP contribution in [0.5, 0.6) is 0 Å². The van der Waals surface area contributed by atoms with Crippen LogP contribution in [0.2, 0.25) is 0 Å². The third kappa shape index (κ3) is 3.17. The van der Waals surface area contributed by atoms with Crippen LogP contribution in [0.25, 0.3) is 0 Å². The molecule has 1 amide bonds. The van der Waals surface area contributed by atoms with Crippen LogP contribution in [-0.2, 0) is 11.2 Å². The fourth-order valence-corrected chi connectivity index (χ4v) is 2.53. The average Bonchev–Trinajstić information content (AvgIpc) is 2.34. The van der Waals surface area contributed by atoms with E-state index in [1.807, 2.05) is 18.2 Å². The molecule has 1 unspecified atom stereocenters. The Bertz CT molecular complexity index is 479. The Labute approximate surface area is 113 Å². The van der Waals surface area contributed by atoms with Crippen molar-refractivity contribution >= 4 is 44.9 Å². The highest BCUT2D eigenvalue weighted by atomic mass is 79.9. The van der Waals surface area contributed by atoms with Gasteiger partial charge in [-0.2, -0.15) is 0 Å². The number of nitrogens with one attached hydrogen (secondary N) is 1. The standard InChI is InChI=1S/C11H11BrN2O2S/c12-7-1-2-9-6(3-7)4-8(16-11(13)15)5-10(17)14-9/h1-3,8H,4-5H2,(H2,13,15)(H,14,17). The molecule has 0 spiro atoms. The lowest BCUT2D eigenvalue weighted by molar-refractivity contribution is 0.111. The van der Waals surface area contributed by atoms with Crippen molar-refractivity contribution in [3.63, 3.8) is 0 Å². The number of nitrogens with two attached hydrogens (primary N) is 1. The number of hydrogen-bond acceptors (Lipinski definition) is 3. The van der Waals surface area contributed by atoms with E-state index < -0.39 is 6.09 Å². The minimum atomic E-state index is -0.767. The van der Waals surface area contributed by atoms with Crippen LogP contribution in [0.1, 0.15) is 12.0 Å². The van der Waals surface area contributed by atoms with Gasteiger partial charge in [-0.3, -0.25) is 0 Å². The molecule has 1 atom stereocenters. The van der Waals surface area contributed by atoms with E-state index in [1.165, 1.54) is 0 Å².